The monoisotopic (exact) mass is 307 g/mol. The Morgan fingerprint density at radius 2 is 2.14 bits per heavy atom. The number of nitrogens with zero attached hydrogens (tertiary/aromatic N) is 1. The van der Waals surface area contributed by atoms with Gasteiger partial charge in [0.1, 0.15) is 0 Å². The van der Waals surface area contributed by atoms with Gasteiger partial charge in [0.25, 0.3) is 5.91 Å². The van der Waals surface area contributed by atoms with Gasteiger partial charge in [-0.05, 0) is 43.1 Å². The minimum atomic E-state index is -0.258. The number of rotatable bonds is 2. The molecule has 1 aromatic heterocycles. The first-order valence-corrected chi connectivity index (χ1v) is 6.71. The highest BCUT2D eigenvalue weighted by molar-refractivity contribution is 6.03. The summed E-state index contributed by atoms with van der Waals surface area (Å²) in [6.07, 6.45) is 1.03. The lowest BCUT2D eigenvalue weighted by Gasteiger charge is -2.17. The molecule has 1 amide bonds. The van der Waals surface area contributed by atoms with Crippen LogP contribution in [0, 0.1) is 13.8 Å². The highest BCUT2D eigenvalue weighted by atomic mass is 35.5. The van der Waals surface area contributed by atoms with Gasteiger partial charge in [-0.1, -0.05) is 6.07 Å². The number of halogens is 1. The van der Waals surface area contributed by atoms with E-state index in [2.05, 4.69) is 21.7 Å². The molecular weight excluding hydrogens is 290 g/mol. The van der Waals surface area contributed by atoms with Crippen molar-refractivity contribution >= 4 is 24.0 Å². The van der Waals surface area contributed by atoms with Gasteiger partial charge in [-0.25, -0.2) is 4.98 Å². The Balaban J connectivity index is 0.00000161. The van der Waals surface area contributed by atoms with Crippen LogP contribution < -0.4 is 10.6 Å². The van der Waals surface area contributed by atoms with E-state index in [1.165, 1.54) is 11.1 Å². The molecule has 5 nitrogen and oxygen atoms in total. The number of benzene rings is 1. The van der Waals surface area contributed by atoms with Crippen molar-refractivity contribution in [2.75, 3.05) is 11.9 Å². The summed E-state index contributed by atoms with van der Waals surface area (Å²) in [6.45, 7) is 5.35. The molecule has 1 aromatic carbocycles. The highest BCUT2D eigenvalue weighted by Crippen LogP contribution is 2.20. The molecule has 0 bridgehead atoms. The Kier molecular flexibility index (Phi) is 4.65. The van der Waals surface area contributed by atoms with Crippen molar-refractivity contribution < 1.29 is 9.21 Å². The summed E-state index contributed by atoms with van der Waals surface area (Å²) in [7, 11) is 0. The number of nitrogens with one attached hydrogen (secondary N) is 2. The molecule has 0 atom stereocenters. The summed E-state index contributed by atoms with van der Waals surface area (Å²) >= 11 is 0. The lowest BCUT2D eigenvalue weighted by Crippen LogP contribution is -2.23. The van der Waals surface area contributed by atoms with E-state index in [-0.39, 0.29) is 24.1 Å². The van der Waals surface area contributed by atoms with E-state index in [4.69, 9.17) is 4.42 Å². The van der Waals surface area contributed by atoms with Crippen molar-refractivity contribution in [1.29, 1.82) is 0 Å². The van der Waals surface area contributed by atoms with Gasteiger partial charge in [0.05, 0.1) is 5.69 Å². The molecule has 0 fully saturated rings. The fourth-order valence-corrected chi connectivity index (χ4v) is 2.49. The summed E-state index contributed by atoms with van der Waals surface area (Å²) in [5.41, 5.74) is 3.97. The van der Waals surface area contributed by atoms with E-state index in [1.54, 1.807) is 13.8 Å². The second-order valence-electron chi connectivity index (χ2n) is 5.01. The first-order valence-electron chi connectivity index (χ1n) is 6.71. The van der Waals surface area contributed by atoms with Crippen molar-refractivity contribution in [3.8, 4) is 0 Å². The van der Waals surface area contributed by atoms with E-state index in [0.717, 1.165) is 25.2 Å². The molecular formula is C15H18ClN3O2. The maximum absolute atomic E-state index is 12.2. The second-order valence-corrected chi connectivity index (χ2v) is 5.01. The average Bonchev–Trinajstić information content (AvgIpc) is 2.78. The van der Waals surface area contributed by atoms with Gasteiger partial charge >= 0.3 is 0 Å². The molecule has 21 heavy (non-hydrogen) atoms. The summed E-state index contributed by atoms with van der Waals surface area (Å²) < 4.78 is 5.33. The molecule has 112 valence electrons. The number of hydrogen-bond donors (Lipinski definition) is 2. The van der Waals surface area contributed by atoms with Crippen LogP contribution in [0.1, 0.15) is 33.3 Å². The topological polar surface area (TPSA) is 67.2 Å². The molecule has 1 aliphatic heterocycles. The van der Waals surface area contributed by atoms with Crippen molar-refractivity contribution in [2.45, 2.75) is 26.8 Å². The number of amides is 1. The molecule has 3 rings (SSSR count). The highest BCUT2D eigenvalue weighted by Gasteiger charge is 2.17. The smallest absolute Gasteiger partial charge is 0.293 e. The van der Waals surface area contributed by atoms with Gasteiger partial charge in [0.2, 0.25) is 5.76 Å². The van der Waals surface area contributed by atoms with Gasteiger partial charge in [0, 0.05) is 19.2 Å². The van der Waals surface area contributed by atoms with Crippen LogP contribution in [0.15, 0.2) is 22.6 Å². The Morgan fingerprint density at radius 1 is 1.33 bits per heavy atom. The lowest BCUT2D eigenvalue weighted by molar-refractivity contribution is 0.0994. The third-order valence-electron chi connectivity index (χ3n) is 3.46. The SMILES string of the molecule is Cc1nc(C)c(C(=O)Nc2ccc3c(c2)CNCC3)o1.Cl. The number of aryl methyl sites for hydroxylation is 2. The summed E-state index contributed by atoms with van der Waals surface area (Å²) in [5, 5.41) is 6.19. The number of anilines is 1. The van der Waals surface area contributed by atoms with Crippen LogP contribution in [0.5, 0.6) is 0 Å². The first kappa shape index (κ1) is 15.5. The van der Waals surface area contributed by atoms with Crippen LogP contribution in [0.25, 0.3) is 0 Å². The van der Waals surface area contributed by atoms with Crippen molar-refractivity contribution in [3.05, 3.63) is 46.7 Å². The molecule has 0 saturated carbocycles. The van der Waals surface area contributed by atoms with Crippen molar-refractivity contribution in [3.63, 3.8) is 0 Å². The van der Waals surface area contributed by atoms with Crippen LogP contribution in [-0.2, 0) is 13.0 Å². The second kappa shape index (κ2) is 6.28. The van der Waals surface area contributed by atoms with E-state index >= 15 is 0 Å². The minimum Gasteiger partial charge on any atom is -0.436 e. The fraction of sp³-hybridized carbons (Fsp3) is 0.333. The number of hydrogen-bond acceptors (Lipinski definition) is 4. The number of oxazole rings is 1. The third kappa shape index (κ3) is 3.25. The molecule has 2 heterocycles. The predicted molar refractivity (Wildman–Crippen MR) is 83.0 cm³/mol. The molecule has 0 saturated heterocycles. The van der Waals surface area contributed by atoms with Crippen LogP contribution in [0.4, 0.5) is 5.69 Å². The molecule has 6 heteroatoms. The van der Waals surface area contributed by atoms with E-state index in [1.807, 2.05) is 12.1 Å². The van der Waals surface area contributed by atoms with Gasteiger partial charge in [-0.2, -0.15) is 0 Å². The normalized spacial score (nSPS) is 13.2. The summed E-state index contributed by atoms with van der Waals surface area (Å²) in [4.78, 5) is 16.3. The zero-order valence-electron chi connectivity index (χ0n) is 12.0. The van der Waals surface area contributed by atoms with Crippen LogP contribution in [0.3, 0.4) is 0 Å². The number of aromatic nitrogens is 1. The zero-order chi connectivity index (χ0) is 14.1. The Hall–Kier alpha value is -1.85. The van der Waals surface area contributed by atoms with Crippen LogP contribution in [-0.4, -0.2) is 17.4 Å². The van der Waals surface area contributed by atoms with E-state index in [0.29, 0.717) is 11.6 Å². The van der Waals surface area contributed by atoms with E-state index < -0.39 is 0 Å². The first-order chi connectivity index (χ1) is 9.63. The zero-order valence-corrected chi connectivity index (χ0v) is 12.8. The molecule has 0 radical (unpaired) electrons. The standard InChI is InChI=1S/C15H17N3O2.ClH/c1-9-14(20-10(2)17-9)15(19)18-13-4-3-11-5-6-16-8-12(11)7-13;/h3-4,7,16H,5-6,8H2,1-2H3,(H,18,19);1H. The third-order valence-corrected chi connectivity index (χ3v) is 3.46. The fourth-order valence-electron chi connectivity index (χ4n) is 2.49. The minimum absolute atomic E-state index is 0. The molecule has 0 aliphatic carbocycles. The molecule has 1 aliphatic rings. The predicted octanol–water partition coefficient (Wildman–Crippen LogP) is 2.61. The maximum Gasteiger partial charge on any atom is 0.293 e. The van der Waals surface area contributed by atoms with Crippen molar-refractivity contribution in [2.24, 2.45) is 0 Å². The van der Waals surface area contributed by atoms with E-state index in [9.17, 15) is 4.79 Å². The Bertz CT molecular complexity index is 667. The number of carbonyl (C=O) groups is 1. The summed E-state index contributed by atoms with van der Waals surface area (Å²) in [5.74, 6) is 0.521. The van der Waals surface area contributed by atoms with Crippen LogP contribution in [0.2, 0.25) is 0 Å². The molecule has 0 unspecified atom stereocenters. The largest absolute Gasteiger partial charge is 0.436 e. The summed E-state index contributed by atoms with van der Waals surface area (Å²) in [6, 6.07) is 6.02. The quantitative estimate of drug-likeness (QED) is 0.895. The number of fused-ring (bicyclic) bond motifs is 1. The van der Waals surface area contributed by atoms with Gasteiger partial charge in [-0.15, -0.1) is 12.4 Å². The molecule has 2 N–H and O–H groups in total. The average molecular weight is 308 g/mol. The maximum atomic E-state index is 12.2. The molecule has 2 aromatic rings. The number of carbonyl (C=O) groups excluding carboxylic acids is 1. The van der Waals surface area contributed by atoms with Crippen LogP contribution >= 0.6 is 12.4 Å². The Morgan fingerprint density at radius 3 is 2.86 bits per heavy atom. The lowest BCUT2D eigenvalue weighted by atomic mass is 10.0. The van der Waals surface area contributed by atoms with Gasteiger partial charge in [-0.3, -0.25) is 4.79 Å². The van der Waals surface area contributed by atoms with Gasteiger partial charge in [0.15, 0.2) is 5.89 Å². The van der Waals surface area contributed by atoms with Gasteiger partial charge < -0.3 is 15.1 Å². The molecule has 0 spiro atoms. The Labute approximate surface area is 129 Å². The van der Waals surface area contributed by atoms with Crippen molar-refractivity contribution in [1.82, 2.24) is 10.3 Å².